The first kappa shape index (κ1) is 14.4. The van der Waals surface area contributed by atoms with E-state index in [-0.39, 0.29) is 5.41 Å². The standard InChI is InChI=1S/C16H22N2O2/c1-16(2,3)11-7-10-8-13(19-5)14(20-6)9-12(10)18-15(11)17-4/h7-9H,1-6H3,(H,17,18). The highest BCUT2D eigenvalue weighted by atomic mass is 16.5. The molecule has 0 aliphatic heterocycles. The van der Waals surface area contributed by atoms with E-state index in [1.165, 1.54) is 5.56 Å². The number of benzene rings is 1. The summed E-state index contributed by atoms with van der Waals surface area (Å²) in [7, 11) is 5.17. The van der Waals surface area contributed by atoms with Gasteiger partial charge < -0.3 is 14.8 Å². The quantitative estimate of drug-likeness (QED) is 0.929. The number of aromatic nitrogens is 1. The first-order valence-corrected chi connectivity index (χ1v) is 6.65. The van der Waals surface area contributed by atoms with Crippen LogP contribution in [0.3, 0.4) is 0 Å². The van der Waals surface area contributed by atoms with Gasteiger partial charge in [-0.05, 0) is 17.5 Å². The molecule has 1 aromatic carbocycles. The minimum atomic E-state index is 0.0205. The number of nitrogens with one attached hydrogen (secondary N) is 1. The van der Waals surface area contributed by atoms with Gasteiger partial charge in [-0.2, -0.15) is 0 Å². The maximum Gasteiger partial charge on any atom is 0.162 e. The van der Waals surface area contributed by atoms with Crippen molar-refractivity contribution in [3.63, 3.8) is 0 Å². The van der Waals surface area contributed by atoms with Crippen LogP contribution in [0.5, 0.6) is 11.5 Å². The van der Waals surface area contributed by atoms with Crippen LogP contribution in [0, 0.1) is 0 Å². The molecular weight excluding hydrogens is 252 g/mol. The summed E-state index contributed by atoms with van der Waals surface area (Å²) in [4.78, 5) is 4.70. The van der Waals surface area contributed by atoms with Crippen LogP contribution in [-0.4, -0.2) is 26.3 Å². The molecule has 4 heteroatoms. The van der Waals surface area contributed by atoms with Crippen molar-refractivity contribution >= 4 is 16.7 Å². The highest BCUT2D eigenvalue weighted by molar-refractivity contribution is 5.85. The molecule has 0 aliphatic rings. The largest absolute Gasteiger partial charge is 0.493 e. The van der Waals surface area contributed by atoms with Crippen LogP contribution in [0.4, 0.5) is 5.82 Å². The molecule has 1 aromatic heterocycles. The lowest BCUT2D eigenvalue weighted by Crippen LogP contribution is -2.15. The van der Waals surface area contributed by atoms with Gasteiger partial charge in [0.1, 0.15) is 5.82 Å². The summed E-state index contributed by atoms with van der Waals surface area (Å²) in [5.41, 5.74) is 2.09. The number of pyridine rings is 1. The maximum absolute atomic E-state index is 5.36. The normalized spacial score (nSPS) is 11.5. The van der Waals surface area contributed by atoms with Crippen molar-refractivity contribution < 1.29 is 9.47 Å². The zero-order valence-electron chi connectivity index (χ0n) is 13.0. The second-order valence-corrected chi connectivity index (χ2v) is 5.78. The smallest absolute Gasteiger partial charge is 0.162 e. The van der Waals surface area contributed by atoms with Crippen molar-refractivity contribution in [3.05, 3.63) is 23.8 Å². The van der Waals surface area contributed by atoms with Gasteiger partial charge in [0.05, 0.1) is 19.7 Å². The van der Waals surface area contributed by atoms with Crippen molar-refractivity contribution in [3.8, 4) is 11.5 Å². The predicted molar refractivity (Wildman–Crippen MR) is 83.1 cm³/mol. The minimum Gasteiger partial charge on any atom is -0.493 e. The van der Waals surface area contributed by atoms with Gasteiger partial charge in [0.2, 0.25) is 0 Å². The van der Waals surface area contributed by atoms with Crippen molar-refractivity contribution in [2.75, 3.05) is 26.6 Å². The molecule has 0 atom stereocenters. The van der Waals surface area contributed by atoms with Crippen LogP contribution in [0.2, 0.25) is 0 Å². The number of ether oxygens (including phenoxy) is 2. The van der Waals surface area contributed by atoms with E-state index in [1.54, 1.807) is 14.2 Å². The second kappa shape index (κ2) is 5.19. The van der Waals surface area contributed by atoms with Gasteiger partial charge in [0.25, 0.3) is 0 Å². The van der Waals surface area contributed by atoms with Crippen LogP contribution in [0.1, 0.15) is 26.3 Å². The van der Waals surface area contributed by atoms with Gasteiger partial charge in [0, 0.05) is 24.1 Å². The van der Waals surface area contributed by atoms with E-state index in [9.17, 15) is 0 Å². The van der Waals surface area contributed by atoms with Gasteiger partial charge in [-0.3, -0.25) is 0 Å². The Morgan fingerprint density at radius 3 is 2.10 bits per heavy atom. The molecule has 2 rings (SSSR count). The Morgan fingerprint density at radius 1 is 1.00 bits per heavy atom. The van der Waals surface area contributed by atoms with E-state index < -0.39 is 0 Å². The Kier molecular flexibility index (Phi) is 3.75. The fourth-order valence-corrected chi connectivity index (χ4v) is 2.26. The van der Waals surface area contributed by atoms with Crippen LogP contribution in [0.15, 0.2) is 18.2 Å². The van der Waals surface area contributed by atoms with Crippen molar-refractivity contribution in [1.82, 2.24) is 4.98 Å². The summed E-state index contributed by atoms with van der Waals surface area (Å²) in [5.74, 6) is 2.31. The molecular formula is C16H22N2O2. The van der Waals surface area contributed by atoms with Gasteiger partial charge >= 0.3 is 0 Å². The lowest BCUT2D eigenvalue weighted by Gasteiger charge is -2.23. The fraction of sp³-hybridized carbons (Fsp3) is 0.438. The van der Waals surface area contributed by atoms with Crippen molar-refractivity contribution in [2.45, 2.75) is 26.2 Å². The van der Waals surface area contributed by atoms with Crippen LogP contribution in [-0.2, 0) is 5.41 Å². The molecule has 2 aromatic rings. The molecule has 0 radical (unpaired) electrons. The Balaban J connectivity index is 2.74. The van der Waals surface area contributed by atoms with Crippen LogP contribution < -0.4 is 14.8 Å². The van der Waals surface area contributed by atoms with E-state index in [0.29, 0.717) is 5.75 Å². The second-order valence-electron chi connectivity index (χ2n) is 5.78. The highest BCUT2D eigenvalue weighted by Gasteiger charge is 2.20. The average Bonchev–Trinajstić information content (AvgIpc) is 2.43. The molecule has 0 unspecified atom stereocenters. The minimum absolute atomic E-state index is 0.0205. The first-order valence-electron chi connectivity index (χ1n) is 6.65. The van der Waals surface area contributed by atoms with Crippen LogP contribution in [0.25, 0.3) is 10.9 Å². The lowest BCUT2D eigenvalue weighted by molar-refractivity contribution is 0.356. The molecule has 0 fully saturated rings. The summed E-state index contributed by atoms with van der Waals surface area (Å²) in [6.45, 7) is 6.53. The molecule has 0 saturated heterocycles. The monoisotopic (exact) mass is 274 g/mol. The number of nitrogens with zero attached hydrogens (tertiary/aromatic N) is 1. The van der Waals surface area contributed by atoms with Gasteiger partial charge in [-0.15, -0.1) is 0 Å². The van der Waals surface area contributed by atoms with Crippen LogP contribution >= 0.6 is 0 Å². The third kappa shape index (κ3) is 2.50. The molecule has 20 heavy (non-hydrogen) atoms. The van der Waals surface area contributed by atoms with Crippen molar-refractivity contribution in [1.29, 1.82) is 0 Å². The molecule has 0 saturated carbocycles. The van der Waals surface area contributed by atoms with Gasteiger partial charge in [-0.1, -0.05) is 20.8 Å². The van der Waals surface area contributed by atoms with E-state index in [1.807, 2.05) is 19.2 Å². The first-order chi connectivity index (χ1) is 9.40. The van der Waals surface area contributed by atoms with E-state index >= 15 is 0 Å². The van der Waals surface area contributed by atoms with E-state index in [2.05, 4.69) is 32.2 Å². The lowest BCUT2D eigenvalue weighted by atomic mass is 9.86. The molecule has 0 spiro atoms. The Bertz CT molecular complexity index is 630. The number of hydrogen-bond acceptors (Lipinski definition) is 4. The number of anilines is 1. The summed E-state index contributed by atoms with van der Waals surface area (Å²) in [6, 6.07) is 6.04. The summed E-state index contributed by atoms with van der Waals surface area (Å²) < 4.78 is 10.7. The number of hydrogen-bond donors (Lipinski definition) is 1. The highest BCUT2D eigenvalue weighted by Crippen LogP contribution is 2.36. The summed E-state index contributed by atoms with van der Waals surface area (Å²) in [6.07, 6.45) is 0. The van der Waals surface area contributed by atoms with Gasteiger partial charge in [0.15, 0.2) is 11.5 Å². The SMILES string of the molecule is CNc1nc2cc(OC)c(OC)cc2cc1C(C)(C)C. The topological polar surface area (TPSA) is 43.4 Å². The molecule has 0 bridgehead atoms. The molecule has 4 nitrogen and oxygen atoms in total. The Labute approximate surface area is 120 Å². The summed E-state index contributed by atoms with van der Waals surface area (Å²) in [5, 5.41) is 4.22. The predicted octanol–water partition coefficient (Wildman–Crippen LogP) is 3.59. The molecule has 0 amide bonds. The zero-order valence-corrected chi connectivity index (χ0v) is 13.0. The molecule has 0 aliphatic carbocycles. The third-order valence-corrected chi connectivity index (χ3v) is 3.36. The zero-order chi connectivity index (χ0) is 14.9. The molecule has 1 heterocycles. The third-order valence-electron chi connectivity index (χ3n) is 3.36. The summed E-state index contributed by atoms with van der Waals surface area (Å²) >= 11 is 0. The number of rotatable bonds is 3. The Morgan fingerprint density at radius 2 is 1.60 bits per heavy atom. The molecule has 1 N–H and O–H groups in total. The van der Waals surface area contributed by atoms with Gasteiger partial charge in [-0.25, -0.2) is 4.98 Å². The van der Waals surface area contributed by atoms with E-state index in [0.717, 1.165) is 22.5 Å². The maximum atomic E-state index is 5.36. The molecule has 108 valence electrons. The average molecular weight is 274 g/mol. The number of fused-ring (bicyclic) bond motifs is 1. The Hall–Kier alpha value is -1.97. The van der Waals surface area contributed by atoms with E-state index in [4.69, 9.17) is 14.5 Å². The number of methoxy groups -OCH3 is 2. The fourth-order valence-electron chi connectivity index (χ4n) is 2.26. The van der Waals surface area contributed by atoms with Crippen molar-refractivity contribution in [2.24, 2.45) is 0 Å².